The average molecular weight is 262 g/mol. The van der Waals surface area contributed by atoms with Crippen molar-refractivity contribution in [3.63, 3.8) is 0 Å². The normalized spacial score (nSPS) is 10.1. The summed E-state index contributed by atoms with van der Waals surface area (Å²) in [7, 11) is 0. The minimum Gasteiger partial charge on any atom is -0.381 e. The largest absolute Gasteiger partial charge is 0.381 e. The molecule has 0 saturated heterocycles. The van der Waals surface area contributed by atoms with Crippen molar-refractivity contribution >= 4 is 22.9 Å². The maximum absolute atomic E-state index is 13.0. The van der Waals surface area contributed by atoms with Gasteiger partial charge in [-0.2, -0.15) is 0 Å². The van der Waals surface area contributed by atoms with Crippen molar-refractivity contribution in [1.82, 2.24) is 0 Å². The quantitative estimate of drug-likeness (QED) is 0.848. The molecule has 0 amide bonds. The van der Waals surface area contributed by atoms with Gasteiger partial charge in [-0.25, -0.2) is 4.39 Å². The summed E-state index contributed by atoms with van der Waals surface area (Å²) in [6.45, 7) is 4.60. The molecule has 0 fully saturated rings. The van der Waals surface area contributed by atoms with E-state index in [1.54, 1.807) is 12.1 Å². The van der Waals surface area contributed by atoms with Crippen LogP contribution in [0.3, 0.4) is 0 Å². The van der Waals surface area contributed by atoms with Crippen LogP contribution in [0.25, 0.3) is 5.57 Å². The lowest BCUT2D eigenvalue weighted by atomic mass is 10.1. The van der Waals surface area contributed by atoms with Crippen LogP contribution in [0.15, 0.2) is 55.1 Å². The molecule has 3 heteroatoms. The smallest absolute Gasteiger partial charge is 0.141 e. The van der Waals surface area contributed by atoms with E-state index < -0.39 is 5.82 Å². The van der Waals surface area contributed by atoms with Crippen LogP contribution in [0, 0.1) is 5.82 Å². The highest BCUT2D eigenvalue weighted by Crippen LogP contribution is 2.20. The predicted octanol–water partition coefficient (Wildman–Crippen LogP) is 4.60. The van der Waals surface area contributed by atoms with Gasteiger partial charge in [0.15, 0.2) is 0 Å². The van der Waals surface area contributed by atoms with Crippen molar-refractivity contribution in [3.05, 3.63) is 71.5 Å². The van der Waals surface area contributed by atoms with E-state index in [-0.39, 0.29) is 5.02 Å². The molecular weight excluding hydrogens is 249 g/mol. The van der Waals surface area contributed by atoms with Gasteiger partial charge in [0.05, 0.1) is 5.02 Å². The highest BCUT2D eigenvalue weighted by molar-refractivity contribution is 6.31. The third-order valence-electron chi connectivity index (χ3n) is 2.61. The fourth-order valence-corrected chi connectivity index (χ4v) is 1.77. The first-order valence-electron chi connectivity index (χ1n) is 5.59. The van der Waals surface area contributed by atoms with E-state index in [1.165, 1.54) is 6.07 Å². The molecule has 92 valence electrons. The van der Waals surface area contributed by atoms with Crippen LogP contribution < -0.4 is 5.32 Å². The molecule has 0 aliphatic carbocycles. The van der Waals surface area contributed by atoms with E-state index in [2.05, 4.69) is 11.9 Å². The van der Waals surface area contributed by atoms with Crippen LogP contribution in [0.4, 0.5) is 10.1 Å². The summed E-state index contributed by atoms with van der Waals surface area (Å²) in [6.07, 6.45) is 0. The maximum Gasteiger partial charge on any atom is 0.141 e. The average Bonchev–Trinajstić information content (AvgIpc) is 2.41. The molecule has 0 aliphatic heterocycles. The zero-order valence-corrected chi connectivity index (χ0v) is 10.5. The number of benzene rings is 2. The third kappa shape index (κ3) is 3.11. The molecular formula is C15H13ClFN. The van der Waals surface area contributed by atoms with E-state index in [0.717, 1.165) is 16.8 Å². The van der Waals surface area contributed by atoms with Gasteiger partial charge in [0.25, 0.3) is 0 Å². The molecule has 0 bridgehead atoms. The van der Waals surface area contributed by atoms with Crippen molar-refractivity contribution in [2.45, 2.75) is 0 Å². The number of anilines is 1. The van der Waals surface area contributed by atoms with E-state index in [1.807, 2.05) is 30.3 Å². The lowest BCUT2D eigenvalue weighted by molar-refractivity contribution is 0.628. The van der Waals surface area contributed by atoms with Gasteiger partial charge in [0.2, 0.25) is 0 Å². The Morgan fingerprint density at radius 2 is 1.89 bits per heavy atom. The Kier molecular flexibility index (Phi) is 4.00. The summed E-state index contributed by atoms with van der Waals surface area (Å²) < 4.78 is 13.0. The summed E-state index contributed by atoms with van der Waals surface area (Å²) >= 11 is 5.71. The topological polar surface area (TPSA) is 12.0 Å². The van der Waals surface area contributed by atoms with Crippen LogP contribution in [0.5, 0.6) is 0 Å². The first-order valence-corrected chi connectivity index (χ1v) is 5.97. The van der Waals surface area contributed by atoms with Gasteiger partial charge >= 0.3 is 0 Å². The first-order chi connectivity index (χ1) is 8.66. The van der Waals surface area contributed by atoms with Crippen LogP contribution in [-0.4, -0.2) is 6.54 Å². The molecule has 0 radical (unpaired) electrons. The predicted molar refractivity (Wildman–Crippen MR) is 75.4 cm³/mol. The summed E-state index contributed by atoms with van der Waals surface area (Å²) in [4.78, 5) is 0. The van der Waals surface area contributed by atoms with Crippen molar-refractivity contribution in [1.29, 1.82) is 0 Å². The molecule has 0 heterocycles. The minimum atomic E-state index is -0.413. The molecule has 2 aromatic rings. The molecule has 0 saturated carbocycles. The van der Waals surface area contributed by atoms with Gasteiger partial charge in [-0.1, -0.05) is 48.5 Å². The summed E-state index contributed by atoms with van der Waals surface area (Å²) in [5.41, 5.74) is 2.83. The van der Waals surface area contributed by atoms with Crippen molar-refractivity contribution in [2.24, 2.45) is 0 Å². The number of halogens is 2. The molecule has 0 unspecified atom stereocenters. The fraction of sp³-hybridized carbons (Fsp3) is 0.0667. The van der Waals surface area contributed by atoms with Gasteiger partial charge in [-0.15, -0.1) is 0 Å². The third-order valence-corrected chi connectivity index (χ3v) is 2.90. The Balaban J connectivity index is 1.99. The summed E-state index contributed by atoms with van der Waals surface area (Å²) in [6, 6.07) is 14.5. The summed E-state index contributed by atoms with van der Waals surface area (Å²) in [5, 5.41) is 3.28. The van der Waals surface area contributed by atoms with E-state index >= 15 is 0 Å². The Bertz CT molecular complexity index is 552. The van der Waals surface area contributed by atoms with Gasteiger partial charge in [0.1, 0.15) is 5.82 Å². The number of nitrogens with one attached hydrogen (secondary N) is 1. The van der Waals surface area contributed by atoms with Crippen LogP contribution in [0.1, 0.15) is 5.56 Å². The minimum absolute atomic E-state index is 0.116. The lowest BCUT2D eigenvalue weighted by Gasteiger charge is -2.09. The first kappa shape index (κ1) is 12.7. The van der Waals surface area contributed by atoms with Crippen LogP contribution in [0.2, 0.25) is 5.02 Å². The van der Waals surface area contributed by atoms with Gasteiger partial charge in [-0.05, 0) is 29.3 Å². The van der Waals surface area contributed by atoms with E-state index in [9.17, 15) is 4.39 Å². The molecule has 1 N–H and O–H groups in total. The van der Waals surface area contributed by atoms with E-state index in [0.29, 0.717) is 6.54 Å². The lowest BCUT2D eigenvalue weighted by Crippen LogP contribution is -2.03. The molecule has 0 atom stereocenters. The number of hydrogen-bond donors (Lipinski definition) is 1. The standard InChI is InChI=1S/C15H13ClFN/c1-11(12-5-3-2-4-6-12)10-18-13-7-8-15(17)14(16)9-13/h2-9,18H,1,10H2. The monoisotopic (exact) mass is 261 g/mol. The highest BCUT2D eigenvalue weighted by atomic mass is 35.5. The number of rotatable bonds is 4. The second kappa shape index (κ2) is 5.69. The Labute approximate surface area is 111 Å². The second-order valence-corrected chi connectivity index (χ2v) is 4.36. The van der Waals surface area contributed by atoms with Gasteiger partial charge in [-0.3, -0.25) is 0 Å². The van der Waals surface area contributed by atoms with Crippen molar-refractivity contribution in [3.8, 4) is 0 Å². The zero-order valence-electron chi connectivity index (χ0n) is 9.79. The fourth-order valence-electron chi connectivity index (χ4n) is 1.59. The van der Waals surface area contributed by atoms with Gasteiger partial charge < -0.3 is 5.32 Å². The Hall–Kier alpha value is -1.80. The van der Waals surface area contributed by atoms with E-state index in [4.69, 9.17) is 11.6 Å². The molecule has 0 aromatic heterocycles. The highest BCUT2D eigenvalue weighted by Gasteiger charge is 2.02. The molecule has 2 aromatic carbocycles. The molecule has 2 rings (SSSR count). The Morgan fingerprint density at radius 3 is 2.56 bits per heavy atom. The molecule has 1 nitrogen and oxygen atoms in total. The molecule has 18 heavy (non-hydrogen) atoms. The zero-order chi connectivity index (χ0) is 13.0. The summed E-state index contributed by atoms with van der Waals surface area (Å²) in [5.74, 6) is -0.413. The van der Waals surface area contributed by atoms with Crippen molar-refractivity contribution < 1.29 is 4.39 Å². The Morgan fingerprint density at radius 1 is 1.17 bits per heavy atom. The van der Waals surface area contributed by atoms with Crippen molar-refractivity contribution in [2.75, 3.05) is 11.9 Å². The second-order valence-electron chi connectivity index (χ2n) is 3.95. The van der Waals surface area contributed by atoms with Gasteiger partial charge in [0, 0.05) is 12.2 Å². The maximum atomic E-state index is 13.0. The van der Waals surface area contributed by atoms with Crippen LogP contribution >= 0.6 is 11.6 Å². The number of hydrogen-bond acceptors (Lipinski definition) is 1. The molecule has 0 spiro atoms. The SMILES string of the molecule is C=C(CNc1ccc(F)c(Cl)c1)c1ccccc1. The molecule has 0 aliphatic rings. The van der Waals surface area contributed by atoms with Crippen LogP contribution in [-0.2, 0) is 0 Å².